The Morgan fingerprint density at radius 2 is 2.19 bits per heavy atom. The van der Waals surface area contributed by atoms with E-state index in [0.717, 1.165) is 12.4 Å². The number of fused-ring (bicyclic) bond motifs is 1. The van der Waals surface area contributed by atoms with Gasteiger partial charge in [0, 0.05) is 19.2 Å². The third-order valence-electron chi connectivity index (χ3n) is 4.37. The summed E-state index contributed by atoms with van der Waals surface area (Å²) < 4.78 is 7.39. The topological polar surface area (TPSA) is 59.4 Å². The third kappa shape index (κ3) is 2.52. The Morgan fingerprint density at radius 3 is 2.86 bits per heavy atom. The van der Waals surface area contributed by atoms with Crippen molar-refractivity contribution in [1.82, 2.24) is 15.1 Å². The highest BCUT2D eigenvalue weighted by molar-refractivity contribution is 5.94. The van der Waals surface area contributed by atoms with Crippen LogP contribution in [0.5, 0.6) is 0 Å². The largest absolute Gasteiger partial charge is 0.377 e. The van der Waals surface area contributed by atoms with E-state index in [1.54, 1.807) is 0 Å². The molecule has 1 amide bonds. The lowest BCUT2D eigenvalue weighted by Crippen LogP contribution is -2.45. The molecule has 1 aromatic heterocycles. The molecule has 2 aliphatic rings. The molecule has 0 saturated carbocycles. The number of hydrogen-bond donors (Lipinski definition) is 1. The Hall–Kier alpha value is -1.56. The lowest BCUT2D eigenvalue weighted by atomic mass is 9.86. The number of carbonyl (C=O) groups excluding carboxylic acids is 1. The Bertz CT molecular complexity index is 546. The first-order chi connectivity index (χ1) is 9.88. The molecule has 21 heavy (non-hydrogen) atoms. The van der Waals surface area contributed by atoms with Crippen molar-refractivity contribution in [1.29, 1.82) is 0 Å². The summed E-state index contributed by atoms with van der Waals surface area (Å²) in [4.78, 5) is 14.3. The molecule has 0 spiro atoms. The van der Waals surface area contributed by atoms with Crippen LogP contribution in [-0.2, 0) is 4.74 Å². The minimum Gasteiger partial charge on any atom is -0.377 e. The van der Waals surface area contributed by atoms with Crippen molar-refractivity contribution in [3.05, 3.63) is 11.8 Å². The maximum absolute atomic E-state index is 12.1. The predicted molar refractivity (Wildman–Crippen MR) is 80.7 cm³/mol. The number of amides is 1. The molecule has 6 heteroatoms. The monoisotopic (exact) mass is 292 g/mol. The van der Waals surface area contributed by atoms with E-state index < -0.39 is 0 Å². The van der Waals surface area contributed by atoms with Gasteiger partial charge in [-0.3, -0.25) is 9.48 Å². The molecule has 6 nitrogen and oxygen atoms in total. The molecule has 1 saturated heterocycles. The van der Waals surface area contributed by atoms with Crippen LogP contribution in [0.15, 0.2) is 6.07 Å². The molecule has 1 N–H and O–H groups in total. The summed E-state index contributed by atoms with van der Waals surface area (Å²) in [5, 5.41) is 7.73. The highest BCUT2D eigenvalue weighted by Crippen LogP contribution is 2.34. The molecule has 3 heterocycles. The molecule has 2 atom stereocenters. The van der Waals surface area contributed by atoms with Gasteiger partial charge in [-0.2, -0.15) is 5.10 Å². The van der Waals surface area contributed by atoms with Crippen LogP contribution in [0.1, 0.15) is 44.2 Å². The Labute approximate surface area is 125 Å². The van der Waals surface area contributed by atoms with Gasteiger partial charge in [-0.25, -0.2) is 0 Å². The summed E-state index contributed by atoms with van der Waals surface area (Å²) in [6.45, 7) is 11.5. The number of hydrogen-bond acceptors (Lipinski definition) is 4. The zero-order valence-electron chi connectivity index (χ0n) is 13.2. The summed E-state index contributed by atoms with van der Waals surface area (Å²) in [6.07, 6.45) is 0. The lowest BCUT2D eigenvalue weighted by molar-refractivity contribution is 0.0867. The zero-order chi connectivity index (χ0) is 15.2. The molecule has 0 bridgehead atoms. The van der Waals surface area contributed by atoms with Gasteiger partial charge in [-0.1, -0.05) is 20.8 Å². The second kappa shape index (κ2) is 5.02. The lowest BCUT2D eigenvalue weighted by Gasteiger charge is -2.35. The van der Waals surface area contributed by atoms with E-state index in [1.807, 2.05) is 10.7 Å². The molecule has 1 aromatic rings. The number of ether oxygens (including phenoxy) is 1. The molecule has 1 fully saturated rings. The molecule has 116 valence electrons. The van der Waals surface area contributed by atoms with Crippen LogP contribution in [0, 0.1) is 5.41 Å². The van der Waals surface area contributed by atoms with Crippen LogP contribution in [0.2, 0.25) is 0 Å². The minimum atomic E-state index is -0.0323. The second-order valence-electron chi connectivity index (χ2n) is 7.04. The first kappa shape index (κ1) is 14.4. The highest BCUT2D eigenvalue weighted by atomic mass is 16.5. The minimum absolute atomic E-state index is 0.0323. The fourth-order valence-corrected chi connectivity index (χ4v) is 3.04. The molecule has 0 aromatic carbocycles. The number of aromatic nitrogens is 2. The molecule has 3 rings (SSSR count). The SMILES string of the molecule is C[C@@H]1COCCN1c1cc2n(n1)[C@@H](C(C)(C)C)CNC2=O. The van der Waals surface area contributed by atoms with Crippen LogP contribution in [-0.4, -0.2) is 48.0 Å². The van der Waals surface area contributed by atoms with Gasteiger partial charge in [0.05, 0.1) is 25.3 Å². The summed E-state index contributed by atoms with van der Waals surface area (Å²) in [5.74, 6) is 0.849. The molecule has 0 aliphatic carbocycles. The van der Waals surface area contributed by atoms with Gasteiger partial charge >= 0.3 is 0 Å². The Kier molecular flexibility index (Phi) is 3.43. The van der Waals surface area contributed by atoms with E-state index in [2.05, 4.69) is 37.9 Å². The molecule has 2 aliphatic heterocycles. The number of nitrogens with one attached hydrogen (secondary N) is 1. The van der Waals surface area contributed by atoms with Crippen LogP contribution in [0.25, 0.3) is 0 Å². The van der Waals surface area contributed by atoms with Crippen molar-refractivity contribution in [2.24, 2.45) is 5.41 Å². The van der Waals surface area contributed by atoms with Gasteiger partial charge in [0.25, 0.3) is 5.91 Å². The standard InChI is InChI=1S/C15H24N4O2/c1-10-9-21-6-5-18(10)13-7-11-14(20)16-8-12(15(2,3)4)19(11)17-13/h7,10,12H,5-6,8-9H2,1-4H3,(H,16,20)/t10-,12-/m1/s1. The van der Waals surface area contributed by atoms with Crippen molar-refractivity contribution in [2.75, 3.05) is 31.2 Å². The van der Waals surface area contributed by atoms with Gasteiger partial charge in [-0.05, 0) is 12.3 Å². The fourth-order valence-electron chi connectivity index (χ4n) is 3.04. The van der Waals surface area contributed by atoms with E-state index in [-0.39, 0.29) is 23.4 Å². The van der Waals surface area contributed by atoms with Crippen LogP contribution >= 0.6 is 0 Å². The quantitative estimate of drug-likeness (QED) is 0.851. The summed E-state index contributed by atoms with van der Waals surface area (Å²) >= 11 is 0. The van der Waals surface area contributed by atoms with Crippen LogP contribution in [0.3, 0.4) is 0 Å². The van der Waals surface area contributed by atoms with Crippen molar-refractivity contribution in [2.45, 2.75) is 39.8 Å². The number of carbonyl (C=O) groups is 1. The van der Waals surface area contributed by atoms with E-state index in [1.165, 1.54) is 0 Å². The van der Waals surface area contributed by atoms with Gasteiger partial charge in [0.15, 0.2) is 5.82 Å². The Morgan fingerprint density at radius 1 is 1.43 bits per heavy atom. The van der Waals surface area contributed by atoms with Crippen molar-refractivity contribution < 1.29 is 9.53 Å². The number of anilines is 1. The molecule has 0 unspecified atom stereocenters. The summed E-state index contributed by atoms with van der Waals surface area (Å²) in [7, 11) is 0. The third-order valence-corrected chi connectivity index (χ3v) is 4.37. The van der Waals surface area contributed by atoms with Crippen LogP contribution < -0.4 is 10.2 Å². The predicted octanol–water partition coefficient (Wildman–Crippen LogP) is 1.44. The number of nitrogens with zero attached hydrogens (tertiary/aromatic N) is 3. The normalized spacial score (nSPS) is 26.5. The average molecular weight is 292 g/mol. The van der Waals surface area contributed by atoms with E-state index in [4.69, 9.17) is 9.84 Å². The first-order valence-corrected chi connectivity index (χ1v) is 7.60. The number of morpholine rings is 1. The fraction of sp³-hybridized carbons (Fsp3) is 0.733. The summed E-state index contributed by atoms with van der Waals surface area (Å²) in [5.41, 5.74) is 0.706. The first-order valence-electron chi connectivity index (χ1n) is 7.60. The maximum Gasteiger partial charge on any atom is 0.269 e. The summed E-state index contributed by atoms with van der Waals surface area (Å²) in [6, 6.07) is 2.37. The van der Waals surface area contributed by atoms with Crippen molar-refractivity contribution in [3.8, 4) is 0 Å². The van der Waals surface area contributed by atoms with Gasteiger partial charge < -0.3 is 15.0 Å². The average Bonchev–Trinajstić information content (AvgIpc) is 2.83. The van der Waals surface area contributed by atoms with Gasteiger partial charge in [-0.15, -0.1) is 0 Å². The molecular formula is C15H24N4O2. The van der Waals surface area contributed by atoms with Crippen molar-refractivity contribution >= 4 is 11.7 Å². The maximum atomic E-state index is 12.1. The molecule has 0 radical (unpaired) electrons. The Balaban J connectivity index is 1.98. The molecular weight excluding hydrogens is 268 g/mol. The zero-order valence-corrected chi connectivity index (χ0v) is 13.2. The highest BCUT2D eigenvalue weighted by Gasteiger charge is 2.36. The number of rotatable bonds is 1. The van der Waals surface area contributed by atoms with E-state index in [9.17, 15) is 4.79 Å². The second-order valence-corrected chi connectivity index (χ2v) is 7.04. The smallest absolute Gasteiger partial charge is 0.269 e. The van der Waals surface area contributed by atoms with Gasteiger partial charge in [0.2, 0.25) is 0 Å². The van der Waals surface area contributed by atoms with Gasteiger partial charge in [0.1, 0.15) is 5.69 Å². The van der Waals surface area contributed by atoms with E-state index >= 15 is 0 Å². The van der Waals surface area contributed by atoms with Crippen LogP contribution in [0.4, 0.5) is 5.82 Å². The van der Waals surface area contributed by atoms with Crippen molar-refractivity contribution in [3.63, 3.8) is 0 Å². The van der Waals surface area contributed by atoms with E-state index in [0.29, 0.717) is 25.5 Å².